The molecule has 0 spiro atoms. The summed E-state index contributed by atoms with van der Waals surface area (Å²) in [5.41, 5.74) is 2.17. The molecule has 0 amide bonds. The first-order valence-corrected chi connectivity index (χ1v) is 6.01. The highest BCUT2D eigenvalue weighted by molar-refractivity contribution is 9.10. The van der Waals surface area contributed by atoms with E-state index < -0.39 is 0 Å². The van der Waals surface area contributed by atoms with Crippen LogP contribution >= 0.6 is 15.9 Å². The van der Waals surface area contributed by atoms with E-state index in [4.69, 9.17) is 5.26 Å². The predicted octanol–water partition coefficient (Wildman–Crippen LogP) is 3.41. The average Bonchev–Trinajstić information content (AvgIpc) is 2.56. The second kappa shape index (κ2) is 4.67. The van der Waals surface area contributed by atoms with E-state index in [0.29, 0.717) is 6.42 Å². The number of nitrogens with zero attached hydrogens (tertiary/aromatic N) is 3. The molecule has 0 aliphatic rings. The Morgan fingerprint density at radius 1 is 1.50 bits per heavy atom. The summed E-state index contributed by atoms with van der Waals surface area (Å²) in [6.45, 7) is 2.81. The summed E-state index contributed by atoms with van der Waals surface area (Å²) in [4.78, 5) is 0. The van der Waals surface area contributed by atoms with Crippen LogP contribution in [-0.4, -0.2) is 9.78 Å². The molecule has 2 rings (SSSR count). The van der Waals surface area contributed by atoms with Crippen LogP contribution in [0.15, 0.2) is 22.7 Å². The Kier molecular flexibility index (Phi) is 3.25. The number of fused-ring (bicyclic) bond motifs is 1. The van der Waals surface area contributed by atoms with Gasteiger partial charge in [0.1, 0.15) is 0 Å². The summed E-state index contributed by atoms with van der Waals surface area (Å²) in [5, 5.41) is 14.2. The fraction of sp³-hybridized carbons (Fsp3) is 0.333. The minimum absolute atomic E-state index is 0.580. The molecule has 0 unspecified atom stereocenters. The van der Waals surface area contributed by atoms with Gasteiger partial charge in [-0.05, 0) is 31.5 Å². The van der Waals surface area contributed by atoms with Gasteiger partial charge < -0.3 is 0 Å². The molecule has 0 saturated heterocycles. The van der Waals surface area contributed by atoms with Gasteiger partial charge in [0, 0.05) is 22.8 Å². The van der Waals surface area contributed by atoms with Crippen molar-refractivity contribution in [3.63, 3.8) is 0 Å². The Morgan fingerprint density at radius 3 is 3.06 bits per heavy atom. The second-order valence-corrected chi connectivity index (χ2v) is 4.65. The molecule has 0 fully saturated rings. The number of aromatic nitrogens is 2. The van der Waals surface area contributed by atoms with E-state index >= 15 is 0 Å². The van der Waals surface area contributed by atoms with Crippen LogP contribution < -0.4 is 0 Å². The van der Waals surface area contributed by atoms with E-state index in [-0.39, 0.29) is 0 Å². The van der Waals surface area contributed by atoms with Crippen molar-refractivity contribution in [2.45, 2.75) is 26.3 Å². The lowest BCUT2D eigenvalue weighted by Crippen LogP contribution is -1.99. The van der Waals surface area contributed by atoms with Gasteiger partial charge >= 0.3 is 0 Å². The van der Waals surface area contributed by atoms with Crippen molar-refractivity contribution in [2.24, 2.45) is 0 Å². The quantitative estimate of drug-likeness (QED) is 0.807. The standard InChI is InChI=1S/C12H12BrN3/c1-9-11-8-10(13)4-5-12(11)16(15-9)7-3-2-6-14/h4-5,8H,2-3,7H2,1H3. The zero-order valence-electron chi connectivity index (χ0n) is 9.07. The maximum Gasteiger partial charge on any atom is 0.0686 e. The van der Waals surface area contributed by atoms with Crippen LogP contribution in [0.5, 0.6) is 0 Å². The third kappa shape index (κ3) is 2.10. The van der Waals surface area contributed by atoms with Crippen molar-refractivity contribution in [1.29, 1.82) is 5.26 Å². The number of nitriles is 1. The molecule has 3 nitrogen and oxygen atoms in total. The molecule has 0 N–H and O–H groups in total. The van der Waals surface area contributed by atoms with E-state index in [2.05, 4.69) is 39.2 Å². The molecule has 82 valence electrons. The van der Waals surface area contributed by atoms with E-state index in [1.54, 1.807) is 0 Å². The molecule has 0 aliphatic heterocycles. The minimum atomic E-state index is 0.580. The summed E-state index contributed by atoms with van der Waals surface area (Å²) in [7, 11) is 0. The molecule has 0 radical (unpaired) electrons. The third-order valence-electron chi connectivity index (χ3n) is 2.56. The largest absolute Gasteiger partial charge is 0.265 e. The van der Waals surface area contributed by atoms with Gasteiger partial charge in [0.05, 0.1) is 17.3 Å². The van der Waals surface area contributed by atoms with E-state index in [9.17, 15) is 0 Å². The zero-order valence-corrected chi connectivity index (χ0v) is 10.7. The van der Waals surface area contributed by atoms with Crippen LogP contribution in [0.25, 0.3) is 10.9 Å². The highest BCUT2D eigenvalue weighted by atomic mass is 79.9. The van der Waals surface area contributed by atoms with Gasteiger partial charge in [-0.25, -0.2) is 0 Å². The monoisotopic (exact) mass is 277 g/mol. The summed E-state index contributed by atoms with van der Waals surface area (Å²) >= 11 is 3.46. The highest BCUT2D eigenvalue weighted by Gasteiger charge is 2.06. The lowest BCUT2D eigenvalue weighted by atomic mass is 10.2. The molecule has 0 atom stereocenters. The lowest BCUT2D eigenvalue weighted by molar-refractivity contribution is 0.599. The van der Waals surface area contributed by atoms with E-state index in [1.807, 2.05) is 17.7 Å². The molecule has 0 aliphatic carbocycles. The maximum atomic E-state index is 8.51. The van der Waals surface area contributed by atoms with Gasteiger partial charge in [-0.1, -0.05) is 15.9 Å². The minimum Gasteiger partial charge on any atom is -0.265 e. The fourth-order valence-corrected chi connectivity index (χ4v) is 2.15. The van der Waals surface area contributed by atoms with Crippen LogP contribution in [-0.2, 0) is 6.54 Å². The Labute approximate surface area is 103 Å². The first-order valence-electron chi connectivity index (χ1n) is 5.22. The first kappa shape index (κ1) is 11.2. The number of unbranched alkanes of at least 4 members (excludes halogenated alkanes) is 1. The van der Waals surface area contributed by atoms with Gasteiger partial charge in [-0.15, -0.1) is 0 Å². The average molecular weight is 278 g/mol. The molecule has 0 saturated carbocycles. The number of hydrogen-bond acceptors (Lipinski definition) is 2. The number of halogens is 1. The highest BCUT2D eigenvalue weighted by Crippen LogP contribution is 2.22. The molecule has 1 aromatic carbocycles. The molecular weight excluding hydrogens is 266 g/mol. The van der Waals surface area contributed by atoms with Crippen molar-refractivity contribution < 1.29 is 0 Å². The van der Waals surface area contributed by atoms with Crippen molar-refractivity contribution in [3.05, 3.63) is 28.4 Å². The molecular formula is C12H12BrN3. The SMILES string of the molecule is Cc1nn(CCCC#N)c2ccc(Br)cc12. The Hall–Kier alpha value is -1.34. The number of rotatable bonds is 3. The molecule has 4 heteroatoms. The summed E-state index contributed by atoms with van der Waals surface area (Å²) < 4.78 is 3.05. The van der Waals surface area contributed by atoms with E-state index in [1.165, 1.54) is 5.39 Å². The van der Waals surface area contributed by atoms with Gasteiger partial charge in [0.25, 0.3) is 0 Å². The fourth-order valence-electron chi connectivity index (χ4n) is 1.79. The van der Waals surface area contributed by atoms with E-state index in [0.717, 1.165) is 28.6 Å². The van der Waals surface area contributed by atoms with Gasteiger partial charge in [0.2, 0.25) is 0 Å². The molecule has 1 heterocycles. The van der Waals surface area contributed by atoms with Gasteiger partial charge in [0.15, 0.2) is 0 Å². The lowest BCUT2D eigenvalue weighted by Gasteiger charge is -2.00. The van der Waals surface area contributed by atoms with Gasteiger partial charge in [-0.2, -0.15) is 10.4 Å². The third-order valence-corrected chi connectivity index (χ3v) is 3.05. The summed E-state index contributed by atoms with van der Waals surface area (Å²) in [5.74, 6) is 0. The van der Waals surface area contributed by atoms with Crippen molar-refractivity contribution in [2.75, 3.05) is 0 Å². The maximum absolute atomic E-state index is 8.51. The Balaban J connectivity index is 2.36. The van der Waals surface area contributed by atoms with Crippen molar-refractivity contribution in [3.8, 4) is 6.07 Å². The van der Waals surface area contributed by atoms with Crippen LogP contribution in [0.4, 0.5) is 0 Å². The summed E-state index contributed by atoms with van der Waals surface area (Å²) in [6.07, 6.45) is 1.43. The second-order valence-electron chi connectivity index (χ2n) is 3.73. The van der Waals surface area contributed by atoms with Gasteiger partial charge in [-0.3, -0.25) is 4.68 Å². The summed E-state index contributed by atoms with van der Waals surface area (Å²) in [6, 6.07) is 8.31. The topological polar surface area (TPSA) is 41.6 Å². The molecule has 2 aromatic rings. The van der Waals surface area contributed by atoms with Crippen LogP contribution in [0.3, 0.4) is 0 Å². The Morgan fingerprint density at radius 2 is 2.31 bits per heavy atom. The molecule has 1 aromatic heterocycles. The van der Waals surface area contributed by atoms with Crippen LogP contribution in [0.2, 0.25) is 0 Å². The number of aryl methyl sites for hydroxylation is 2. The number of hydrogen-bond donors (Lipinski definition) is 0. The van der Waals surface area contributed by atoms with Crippen molar-refractivity contribution in [1.82, 2.24) is 9.78 Å². The smallest absolute Gasteiger partial charge is 0.0686 e. The normalized spacial score (nSPS) is 10.6. The first-order chi connectivity index (χ1) is 7.72. The molecule has 0 bridgehead atoms. The number of benzene rings is 1. The predicted molar refractivity (Wildman–Crippen MR) is 67.0 cm³/mol. The van der Waals surface area contributed by atoms with Crippen LogP contribution in [0.1, 0.15) is 18.5 Å². The van der Waals surface area contributed by atoms with Crippen LogP contribution in [0, 0.1) is 18.3 Å². The zero-order chi connectivity index (χ0) is 11.5. The molecule has 16 heavy (non-hydrogen) atoms. The Bertz CT molecular complexity index is 551. The van der Waals surface area contributed by atoms with Crippen molar-refractivity contribution >= 4 is 26.8 Å².